The third-order valence-electron chi connectivity index (χ3n) is 2.70. The molecule has 2 nitrogen and oxygen atoms in total. The Balaban J connectivity index is 2.07. The predicted octanol–water partition coefficient (Wildman–Crippen LogP) is 0.954. The molecule has 1 saturated heterocycles. The summed E-state index contributed by atoms with van der Waals surface area (Å²) in [4.78, 5) is 0.0538. The average Bonchev–Trinajstić information content (AvgIpc) is 2.46. The van der Waals surface area contributed by atoms with E-state index in [2.05, 4.69) is 5.32 Å². The van der Waals surface area contributed by atoms with Gasteiger partial charge in [0.2, 0.25) is 0 Å². The molecule has 0 aromatic heterocycles. The van der Waals surface area contributed by atoms with E-state index >= 15 is 0 Å². The van der Waals surface area contributed by atoms with E-state index in [4.69, 9.17) is 0 Å². The molecule has 1 saturated carbocycles. The van der Waals surface area contributed by atoms with Crippen LogP contribution in [-0.2, 0) is 0 Å². The second kappa shape index (κ2) is 2.96. The molecule has 2 N–H and O–H groups in total. The van der Waals surface area contributed by atoms with Gasteiger partial charge in [-0.2, -0.15) is 0 Å². The van der Waals surface area contributed by atoms with Gasteiger partial charge in [0.25, 0.3) is 0 Å². The van der Waals surface area contributed by atoms with Gasteiger partial charge in [0.1, 0.15) is 0 Å². The van der Waals surface area contributed by atoms with Gasteiger partial charge in [-0.3, -0.25) is 5.32 Å². The molecule has 0 bridgehead atoms. The van der Waals surface area contributed by atoms with E-state index in [1.54, 1.807) is 0 Å². The van der Waals surface area contributed by atoms with Crippen LogP contribution in [0.3, 0.4) is 0 Å². The molecule has 1 aliphatic heterocycles. The largest absolute Gasteiger partial charge is 0.390 e. The number of hydrogen-bond donors (Lipinski definition) is 2. The van der Waals surface area contributed by atoms with Crippen LogP contribution in [0.2, 0.25) is 0 Å². The van der Waals surface area contributed by atoms with E-state index < -0.39 is 0 Å². The summed E-state index contributed by atoms with van der Waals surface area (Å²) in [7, 11) is 0. The lowest BCUT2D eigenvalue weighted by molar-refractivity contribution is 0.0784. The fourth-order valence-corrected chi connectivity index (χ4v) is 3.42. The first-order valence-electron chi connectivity index (χ1n) is 4.41. The average molecular weight is 173 g/mol. The molecule has 2 rings (SSSR count). The maximum Gasteiger partial charge on any atom is 0.0907 e. The van der Waals surface area contributed by atoms with Crippen LogP contribution in [-0.4, -0.2) is 28.4 Å². The van der Waals surface area contributed by atoms with Gasteiger partial charge in [0.05, 0.1) is 11.0 Å². The summed E-state index contributed by atoms with van der Waals surface area (Å²) in [6.07, 6.45) is 4.50. The fraction of sp³-hybridized carbons (Fsp3) is 1.00. The fourth-order valence-electron chi connectivity index (χ4n) is 2.05. The van der Waals surface area contributed by atoms with Crippen LogP contribution in [0.1, 0.15) is 25.7 Å². The first kappa shape index (κ1) is 7.90. The summed E-state index contributed by atoms with van der Waals surface area (Å²) in [5, 5.41) is 13.2. The second-order valence-corrected chi connectivity index (χ2v) is 4.85. The molecule has 0 aromatic rings. The number of hydrogen-bond acceptors (Lipinski definition) is 3. The Kier molecular flexibility index (Phi) is 2.12. The van der Waals surface area contributed by atoms with E-state index in [9.17, 15) is 5.11 Å². The van der Waals surface area contributed by atoms with E-state index in [-0.39, 0.29) is 11.0 Å². The maximum absolute atomic E-state index is 9.78. The normalized spacial score (nSPS) is 45.0. The molecule has 2 atom stereocenters. The van der Waals surface area contributed by atoms with Crippen LogP contribution in [0, 0.1) is 0 Å². The molecule has 2 fully saturated rings. The molecule has 0 radical (unpaired) electrons. The van der Waals surface area contributed by atoms with Crippen molar-refractivity contribution in [3.05, 3.63) is 0 Å². The van der Waals surface area contributed by atoms with Crippen molar-refractivity contribution in [1.29, 1.82) is 0 Å². The zero-order chi connectivity index (χ0) is 7.73. The van der Waals surface area contributed by atoms with E-state index in [1.165, 1.54) is 12.8 Å². The Morgan fingerprint density at radius 1 is 1.45 bits per heavy atom. The second-order valence-electron chi connectivity index (χ2n) is 3.43. The summed E-state index contributed by atoms with van der Waals surface area (Å²) >= 11 is 1.91. The lowest BCUT2D eigenvalue weighted by Crippen LogP contribution is -2.50. The molecular formula is C8H15NOS. The molecule has 1 heterocycles. The maximum atomic E-state index is 9.78. The highest BCUT2D eigenvalue weighted by molar-refractivity contribution is 8.00. The Morgan fingerprint density at radius 3 is 3.00 bits per heavy atom. The van der Waals surface area contributed by atoms with Crippen LogP contribution in [0.4, 0.5) is 0 Å². The van der Waals surface area contributed by atoms with Gasteiger partial charge in [-0.25, -0.2) is 0 Å². The third kappa shape index (κ3) is 1.30. The first-order valence-corrected chi connectivity index (χ1v) is 5.39. The van der Waals surface area contributed by atoms with Crippen LogP contribution in [0.5, 0.6) is 0 Å². The topological polar surface area (TPSA) is 32.3 Å². The van der Waals surface area contributed by atoms with Gasteiger partial charge in [-0.1, -0.05) is 12.8 Å². The minimum atomic E-state index is -0.108. The lowest BCUT2D eigenvalue weighted by atomic mass is 9.92. The van der Waals surface area contributed by atoms with Crippen molar-refractivity contribution in [3.63, 3.8) is 0 Å². The van der Waals surface area contributed by atoms with Crippen molar-refractivity contribution in [2.75, 3.05) is 12.3 Å². The number of aliphatic hydroxyl groups is 1. The van der Waals surface area contributed by atoms with E-state index in [0.717, 1.165) is 25.1 Å². The number of nitrogens with one attached hydrogen (secondary N) is 1. The Hall–Kier alpha value is 0.270. The van der Waals surface area contributed by atoms with Gasteiger partial charge in [0, 0.05) is 12.3 Å². The standard InChI is InChI=1S/C8H15NOS/c10-7-3-1-2-4-8(7)9-5-6-11-8/h7,9-10H,1-6H2. The molecule has 1 aliphatic carbocycles. The monoisotopic (exact) mass is 173 g/mol. The Labute approximate surface area is 71.7 Å². The quantitative estimate of drug-likeness (QED) is 0.572. The molecule has 11 heavy (non-hydrogen) atoms. The van der Waals surface area contributed by atoms with Crippen LogP contribution < -0.4 is 5.32 Å². The number of rotatable bonds is 0. The number of thioether (sulfide) groups is 1. The lowest BCUT2D eigenvalue weighted by Gasteiger charge is -2.37. The zero-order valence-corrected chi connectivity index (χ0v) is 7.49. The van der Waals surface area contributed by atoms with Crippen molar-refractivity contribution >= 4 is 11.8 Å². The minimum Gasteiger partial charge on any atom is -0.390 e. The van der Waals surface area contributed by atoms with Gasteiger partial charge in [-0.05, 0) is 12.8 Å². The van der Waals surface area contributed by atoms with Crippen molar-refractivity contribution in [3.8, 4) is 0 Å². The third-order valence-corrected chi connectivity index (χ3v) is 4.24. The molecule has 3 heteroatoms. The summed E-state index contributed by atoms with van der Waals surface area (Å²) in [5.74, 6) is 1.16. The molecule has 2 aliphatic rings. The highest BCUT2D eigenvalue weighted by atomic mass is 32.2. The molecule has 64 valence electrons. The predicted molar refractivity (Wildman–Crippen MR) is 47.7 cm³/mol. The minimum absolute atomic E-state index is 0.0538. The SMILES string of the molecule is OC1CCCCC12NCCS2. The molecule has 0 aromatic carbocycles. The molecule has 0 amide bonds. The Morgan fingerprint density at radius 2 is 2.36 bits per heavy atom. The Bertz CT molecular complexity index is 145. The number of aliphatic hydroxyl groups excluding tert-OH is 1. The summed E-state index contributed by atoms with van der Waals surface area (Å²) < 4.78 is 0. The highest BCUT2D eigenvalue weighted by Gasteiger charge is 2.42. The van der Waals surface area contributed by atoms with E-state index in [1.807, 2.05) is 11.8 Å². The van der Waals surface area contributed by atoms with Crippen LogP contribution in [0.15, 0.2) is 0 Å². The van der Waals surface area contributed by atoms with Crippen molar-refractivity contribution in [2.24, 2.45) is 0 Å². The van der Waals surface area contributed by atoms with Crippen LogP contribution in [0.25, 0.3) is 0 Å². The summed E-state index contributed by atoms with van der Waals surface area (Å²) in [6.45, 7) is 1.07. The zero-order valence-electron chi connectivity index (χ0n) is 6.68. The summed E-state index contributed by atoms with van der Waals surface area (Å²) in [6, 6.07) is 0. The van der Waals surface area contributed by atoms with Crippen molar-refractivity contribution in [1.82, 2.24) is 5.32 Å². The van der Waals surface area contributed by atoms with E-state index in [0.29, 0.717) is 0 Å². The van der Waals surface area contributed by atoms with Gasteiger partial charge < -0.3 is 5.11 Å². The highest BCUT2D eigenvalue weighted by Crippen LogP contribution is 2.40. The molecular weight excluding hydrogens is 158 g/mol. The van der Waals surface area contributed by atoms with Gasteiger partial charge in [-0.15, -0.1) is 11.8 Å². The first-order chi connectivity index (χ1) is 5.33. The molecule has 1 spiro atoms. The van der Waals surface area contributed by atoms with Gasteiger partial charge in [0.15, 0.2) is 0 Å². The van der Waals surface area contributed by atoms with Crippen molar-refractivity contribution < 1.29 is 5.11 Å². The van der Waals surface area contributed by atoms with Crippen LogP contribution >= 0.6 is 11.8 Å². The smallest absolute Gasteiger partial charge is 0.0907 e. The summed E-state index contributed by atoms with van der Waals surface area (Å²) in [5.41, 5.74) is 0. The van der Waals surface area contributed by atoms with Gasteiger partial charge >= 0.3 is 0 Å². The molecule has 2 unspecified atom stereocenters. The van der Waals surface area contributed by atoms with Crippen molar-refractivity contribution in [2.45, 2.75) is 36.7 Å².